The van der Waals surface area contributed by atoms with Gasteiger partial charge in [0.1, 0.15) is 5.78 Å². The van der Waals surface area contributed by atoms with Crippen molar-refractivity contribution in [3.8, 4) is 0 Å². The van der Waals surface area contributed by atoms with Gasteiger partial charge in [-0.25, -0.2) is 0 Å². The van der Waals surface area contributed by atoms with Gasteiger partial charge in [-0.05, 0) is 12.8 Å². The normalized spacial score (nSPS) is 17.9. The fourth-order valence-electron chi connectivity index (χ4n) is 1.82. The van der Waals surface area contributed by atoms with E-state index in [4.69, 9.17) is 4.74 Å². The maximum absolute atomic E-state index is 11.8. The quantitative estimate of drug-likeness (QED) is 0.721. The van der Waals surface area contributed by atoms with Gasteiger partial charge in [-0.15, -0.1) is 5.10 Å². The highest BCUT2D eigenvalue weighted by Crippen LogP contribution is 2.17. The van der Waals surface area contributed by atoms with Gasteiger partial charge >= 0.3 is 0 Å². The third kappa shape index (κ3) is 2.62. The lowest BCUT2D eigenvalue weighted by molar-refractivity contribution is -0.125. The Balaban J connectivity index is 1.91. The van der Waals surface area contributed by atoms with Crippen LogP contribution in [0.5, 0.6) is 0 Å². The SMILES string of the molecule is Cn1cc(CC(=O)C2CCOCC2)nn1. The van der Waals surface area contributed by atoms with E-state index in [-0.39, 0.29) is 11.7 Å². The lowest BCUT2D eigenvalue weighted by Crippen LogP contribution is -2.24. The van der Waals surface area contributed by atoms with Crippen LogP contribution in [0.3, 0.4) is 0 Å². The number of Topliss-reactive ketones (excluding diaryl/α,β-unsaturated/α-hetero) is 1. The molecule has 2 heterocycles. The molecular formula is C10H15N3O2. The summed E-state index contributed by atoms with van der Waals surface area (Å²) in [5.74, 6) is 0.416. The standard InChI is InChI=1S/C10H15N3O2/c1-13-7-9(11-12-13)6-10(14)8-2-4-15-5-3-8/h7-8H,2-6H2,1H3. The fourth-order valence-corrected chi connectivity index (χ4v) is 1.82. The second kappa shape index (κ2) is 4.53. The van der Waals surface area contributed by atoms with Crippen molar-refractivity contribution < 1.29 is 9.53 Å². The molecule has 1 fully saturated rings. The van der Waals surface area contributed by atoms with Crippen LogP contribution >= 0.6 is 0 Å². The molecule has 0 radical (unpaired) electrons. The van der Waals surface area contributed by atoms with Gasteiger partial charge in [-0.3, -0.25) is 9.48 Å². The van der Waals surface area contributed by atoms with E-state index in [0.717, 1.165) is 18.5 Å². The third-order valence-corrected chi connectivity index (χ3v) is 2.68. The minimum atomic E-state index is 0.153. The van der Waals surface area contributed by atoms with E-state index in [1.807, 2.05) is 0 Å². The molecule has 1 aliphatic rings. The van der Waals surface area contributed by atoms with Crippen LogP contribution in [-0.2, 0) is 23.0 Å². The van der Waals surface area contributed by atoms with Crippen LogP contribution in [0.2, 0.25) is 0 Å². The molecule has 0 bridgehead atoms. The number of aromatic nitrogens is 3. The molecule has 0 atom stereocenters. The molecular weight excluding hydrogens is 194 g/mol. The van der Waals surface area contributed by atoms with Crippen LogP contribution in [0.1, 0.15) is 18.5 Å². The molecule has 1 aromatic rings. The summed E-state index contributed by atoms with van der Waals surface area (Å²) in [7, 11) is 1.80. The molecule has 0 N–H and O–H groups in total. The zero-order chi connectivity index (χ0) is 10.7. The summed E-state index contributed by atoms with van der Waals surface area (Å²) in [5, 5.41) is 7.72. The van der Waals surface area contributed by atoms with Crippen LogP contribution in [0.4, 0.5) is 0 Å². The van der Waals surface area contributed by atoms with Gasteiger partial charge < -0.3 is 4.74 Å². The molecule has 0 aliphatic carbocycles. The molecule has 2 rings (SSSR count). The molecule has 0 saturated carbocycles. The zero-order valence-corrected chi connectivity index (χ0v) is 8.85. The van der Waals surface area contributed by atoms with Crippen molar-refractivity contribution in [2.24, 2.45) is 13.0 Å². The first-order valence-electron chi connectivity index (χ1n) is 5.21. The van der Waals surface area contributed by atoms with Crippen LogP contribution in [0.15, 0.2) is 6.20 Å². The largest absolute Gasteiger partial charge is 0.381 e. The molecule has 1 aliphatic heterocycles. The van der Waals surface area contributed by atoms with Crippen molar-refractivity contribution in [2.45, 2.75) is 19.3 Å². The van der Waals surface area contributed by atoms with E-state index < -0.39 is 0 Å². The summed E-state index contributed by atoms with van der Waals surface area (Å²) in [4.78, 5) is 11.8. The van der Waals surface area contributed by atoms with Crippen LogP contribution in [-0.4, -0.2) is 34.0 Å². The summed E-state index contributed by atoms with van der Waals surface area (Å²) < 4.78 is 6.84. The van der Waals surface area contributed by atoms with Crippen molar-refractivity contribution in [1.82, 2.24) is 15.0 Å². The number of carbonyl (C=O) groups excluding carboxylic acids is 1. The van der Waals surface area contributed by atoms with E-state index in [1.54, 1.807) is 17.9 Å². The molecule has 0 amide bonds. The van der Waals surface area contributed by atoms with Gasteiger partial charge in [0.2, 0.25) is 0 Å². The average Bonchev–Trinajstić information content (AvgIpc) is 2.65. The molecule has 0 unspecified atom stereocenters. The van der Waals surface area contributed by atoms with Gasteiger partial charge in [0.15, 0.2) is 0 Å². The molecule has 5 nitrogen and oxygen atoms in total. The predicted molar refractivity (Wildman–Crippen MR) is 53.3 cm³/mol. The first-order chi connectivity index (χ1) is 7.25. The molecule has 0 aromatic carbocycles. The molecule has 15 heavy (non-hydrogen) atoms. The van der Waals surface area contributed by atoms with Crippen molar-refractivity contribution in [3.05, 3.63) is 11.9 Å². The monoisotopic (exact) mass is 209 g/mol. The predicted octanol–water partition coefficient (Wildman–Crippen LogP) is 0.353. The Morgan fingerprint density at radius 2 is 2.33 bits per heavy atom. The Morgan fingerprint density at radius 1 is 1.60 bits per heavy atom. The Morgan fingerprint density at radius 3 is 2.93 bits per heavy atom. The summed E-state index contributed by atoms with van der Waals surface area (Å²) in [5.41, 5.74) is 0.758. The number of carbonyl (C=O) groups is 1. The zero-order valence-electron chi connectivity index (χ0n) is 8.85. The maximum atomic E-state index is 11.8. The Kier molecular flexibility index (Phi) is 3.11. The number of nitrogens with zero attached hydrogens (tertiary/aromatic N) is 3. The Labute approximate surface area is 88.4 Å². The van der Waals surface area contributed by atoms with Crippen molar-refractivity contribution in [1.29, 1.82) is 0 Å². The fraction of sp³-hybridized carbons (Fsp3) is 0.700. The summed E-state index contributed by atoms with van der Waals surface area (Å²) in [6, 6.07) is 0. The molecule has 1 aromatic heterocycles. The highest BCUT2D eigenvalue weighted by molar-refractivity contribution is 5.82. The number of ketones is 1. The molecule has 0 spiro atoms. The van der Waals surface area contributed by atoms with E-state index in [1.165, 1.54) is 0 Å². The molecule has 82 valence electrons. The molecule has 1 saturated heterocycles. The number of hydrogen-bond donors (Lipinski definition) is 0. The van der Waals surface area contributed by atoms with Crippen LogP contribution in [0.25, 0.3) is 0 Å². The highest BCUT2D eigenvalue weighted by Gasteiger charge is 2.22. The van der Waals surface area contributed by atoms with Crippen molar-refractivity contribution in [2.75, 3.05) is 13.2 Å². The summed E-state index contributed by atoms with van der Waals surface area (Å²) in [6.45, 7) is 1.41. The number of aryl methyl sites for hydroxylation is 1. The second-order valence-electron chi connectivity index (χ2n) is 3.91. The first kappa shape index (κ1) is 10.3. The second-order valence-corrected chi connectivity index (χ2v) is 3.91. The van der Waals surface area contributed by atoms with Crippen molar-refractivity contribution >= 4 is 5.78 Å². The third-order valence-electron chi connectivity index (χ3n) is 2.68. The number of ether oxygens (including phenoxy) is 1. The smallest absolute Gasteiger partial charge is 0.142 e. The van der Waals surface area contributed by atoms with E-state index >= 15 is 0 Å². The average molecular weight is 209 g/mol. The molecule has 5 heteroatoms. The highest BCUT2D eigenvalue weighted by atomic mass is 16.5. The van der Waals surface area contributed by atoms with E-state index in [0.29, 0.717) is 19.6 Å². The van der Waals surface area contributed by atoms with Gasteiger partial charge in [0, 0.05) is 32.4 Å². The Bertz CT molecular complexity index is 342. The van der Waals surface area contributed by atoms with Crippen LogP contribution < -0.4 is 0 Å². The van der Waals surface area contributed by atoms with E-state index in [9.17, 15) is 4.79 Å². The van der Waals surface area contributed by atoms with Gasteiger partial charge in [0.25, 0.3) is 0 Å². The summed E-state index contributed by atoms with van der Waals surface area (Å²) in [6.07, 6.45) is 3.88. The summed E-state index contributed by atoms with van der Waals surface area (Å²) >= 11 is 0. The van der Waals surface area contributed by atoms with E-state index in [2.05, 4.69) is 10.3 Å². The maximum Gasteiger partial charge on any atom is 0.142 e. The minimum Gasteiger partial charge on any atom is -0.381 e. The number of hydrogen-bond acceptors (Lipinski definition) is 4. The van der Waals surface area contributed by atoms with Gasteiger partial charge in [-0.1, -0.05) is 5.21 Å². The number of rotatable bonds is 3. The lowest BCUT2D eigenvalue weighted by atomic mass is 9.93. The topological polar surface area (TPSA) is 57.0 Å². The van der Waals surface area contributed by atoms with Gasteiger partial charge in [0.05, 0.1) is 12.1 Å². The van der Waals surface area contributed by atoms with Crippen molar-refractivity contribution in [3.63, 3.8) is 0 Å². The first-order valence-corrected chi connectivity index (χ1v) is 5.21. The van der Waals surface area contributed by atoms with Gasteiger partial charge in [-0.2, -0.15) is 0 Å². The lowest BCUT2D eigenvalue weighted by Gasteiger charge is -2.20. The Hall–Kier alpha value is -1.23. The minimum absolute atomic E-state index is 0.153. The van der Waals surface area contributed by atoms with Crippen LogP contribution in [0, 0.1) is 5.92 Å².